The lowest BCUT2D eigenvalue weighted by Gasteiger charge is -2.04. The molecule has 0 saturated carbocycles. The van der Waals surface area contributed by atoms with Gasteiger partial charge in [0.25, 0.3) is 39.4 Å². The minimum atomic E-state index is -1.46. The Bertz CT molecular complexity index is 3150. The van der Waals surface area contributed by atoms with E-state index in [9.17, 15) is 75.1 Å². The normalized spacial score (nSPS) is 9.45. The third-order valence-electron chi connectivity index (χ3n) is 8.86. The fourth-order valence-electron chi connectivity index (χ4n) is 5.42. The Hall–Kier alpha value is -11.2. The molecule has 0 atom stereocenters. The van der Waals surface area contributed by atoms with E-state index in [1.807, 2.05) is 60.7 Å². The summed E-state index contributed by atoms with van der Waals surface area (Å²) < 4.78 is 5.16. The average Bonchev–Trinajstić information content (AvgIpc) is 3.38. The number of ether oxygens (including phenoxy) is 1. The zero-order valence-corrected chi connectivity index (χ0v) is 37.8. The lowest BCUT2D eigenvalue weighted by atomic mass is 10.1. The number of carboxylic acid groups (broad SMARTS) is 1. The fourth-order valence-corrected chi connectivity index (χ4v) is 5.53. The molecule has 24 nitrogen and oxygen atoms in total. The lowest BCUT2D eigenvalue weighted by Crippen LogP contribution is -2.09. The lowest BCUT2D eigenvalue weighted by molar-refractivity contribution is -0.394. The van der Waals surface area contributed by atoms with Crippen molar-refractivity contribution in [3.8, 4) is 35.2 Å². The van der Waals surface area contributed by atoms with Crippen LogP contribution in [0, 0.1) is 84.4 Å². The Balaban J connectivity index is 0.000000277. The monoisotopic (exact) mass is 1040 g/mol. The SMILES string of the molecule is C.O=C(Cl)c1cc([N+](=O)[O-])cc([N+](=O)[O-])c1.O=C(O)c1cc([N+](=O)[O-])cc([N+](=O)[O-])c1.O=C(Oc1ccc(C#Cc2ccccc2)cc1)c1cc([N+](=O)[O-])cc([N+](=O)[O-])c1.Oc1ccc(C#Cc2ccccc2)cc1. The van der Waals surface area contributed by atoms with Gasteiger partial charge < -0.3 is 14.9 Å². The smallest absolute Gasteiger partial charge is 0.344 e. The van der Waals surface area contributed by atoms with Crippen molar-refractivity contribution in [3.05, 3.63) is 263 Å². The van der Waals surface area contributed by atoms with Gasteiger partial charge in [0.15, 0.2) is 0 Å². The molecule has 0 heterocycles. The molecule has 0 radical (unpaired) electrons. The molecule has 0 aromatic heterocycles. The summed E-state index contributed by atoms with van der Waals surface area (Å²) in [5.74, 6) is 10.1. The number of non-ortho nitro benzene ring substituents is 6. The summed E-state index contributed by atoms with van der Waals surface area (Å²) in [6.07, 6.45) is 0. The maximum absolute atomic E-state index is 12.3. The zero-order valence-electron chi connectivity index (χ0n) is 37.1. The molecule has 0 spiro atoms. The Kier molecular flexibility index (Phi) is 21.5. The predicted octanol–water partition coefficient (Wildman–Crippen LogP) is 10.6. The van der Waals surface area contributed by atoms with Gasteiger partial charge in [-0.2, -0.15) is 0 Å². The Labute approximate surface area is 426 Å². The molecule has 0 fully saturated rings. The van der Waals surface area contributed by atoms with Crippen LogP contribution >= 0.6 is 11.6 Å². The van der Waals surface area contributed by atoms with E-state index in [4.69, 9.17) is 26.6 Å². The van der Waals surface area contributed by atoms with Gasteiger partial charge in [-0.3, -0.25) is 65.5 Å². The molecule has 0 saturated heterocycles. The molecule has 378 valence electrons. The number of hydrogen-bond donors (Lipinski definition) is 2. The van der Waals surface area contributed by atoms with E-state index in [0.29, 0.717) is 11.6 Å². The summed E-state index contributed by atoms with van der Waals surface area (Å²) in [6, 6.07) is 39.8. The van der Waals surface area contributed by atoms with Crippen LogP contribution < -0.4 is 4.74 Å². The van der Waals surface area contributed by atoms with E-state index in [0.717, 1.165) is 65.2 Å². The molecule has 75 heavy (non-hydrogen) atoms. The van der Waals surface area contributed by atoms with Crippen LogP contribution in [0.3, 0.4) is 0 Å². The number of phenolic OH excluding ortho intramolecular Hbond substituents is 1. The number of benzene rings is 7. The van der Waals surface area contributed by atoms with Gasteiger partial charge >= 0.3 is 11.9 Å². The Morgan fingerprint density at radius 2 is 0.693 bits per heavy atom. The van der Waals surface area contributed by atoms with Gasteiger partial charge in [0.2, 0.25) is 0 Å². The highest BCUT2D eigenvalue weighted by molar-refractivity contribution is 6.67. The number of carbonyl (C=O) groups is 3. The minimum Gasteiger partial charge on any atom is -0.508 e. The summed E-state index contributed by atoms with van der Waals surface area (Å²) >= 11 is 5.07. The minimum absolute atomic E-state index is 0. The summed E-state index contributed by atoms with van der Waals surface area (Å²) in [4.78, 5) is 91.7. The van der Waals surface area contributed by atoms with E-state index in [-0.39, 0.29) is 30.1 Å². The molecule has 7 aromatic rings. The summed E-state index contributed by atoms with van der Waals surface area (Å²) in [7, 11) is 0. The first kappa shape index (κ1) is 58.1. The van der Waals surface area contributed by atoms with E-state index in [1.165, 1.54) is 12.1 Å². The van der Waals surface area contributed by atoms with Crippen molar-refractivity contribution in [1.82, 2.24) is 0 Å². The van der Waals surface area contributed by atoms with Crippen LogP contribution in [0.4, 0.5) is 34.1 Å². The van der Waals surface area contributed by atoms with Gasteiger partial charge in [0, 0.05) is 64.2 Å². The van der Waals surface area contributed by atoms with Crippen molar-refractivity contribution in [1.29, 1.82) is 0 Å². The second kappa shape index (κ2) is 27.8. The summed E-state index contributed by atoms with van der Waals surface area (Å²) in [5, 5.41) is 80.0. The van der Waals surface area contributed by atoms with E-state index >= 15 is 0 Å². The molecular weight excluding hydrogens is 1010 g/mol. The van der Waals surface area contributed by atoms with Gasteiger partial charge in [-0.05, 0) is 84.4 Å². The van der Waals surface area contributed by atoms with Gasteiger partial charge in [-0.1, -0.05) is 67.5 Å². The standard InChI is InChI=1S/C21H12N2O6.C14H10O.C7H3ClN2O5.C7H4N2O6.CH4/c24-21(17-12-18(22(25)26)14-19(13-17)23(27)28)29-20-10-8-16(9-11-20)7-6-15-4-2-1-3-5-15;15-14-10-8-13(9-11-14)7-6-12-4-2-1-3-5-12;8-7(11)4-1-5(9(12)13)3-6(2-4)10(14)15;10-7(11)4-1-5(8(12)13)3-6(2-4)9(14)15;/h1-5,8-14H;1-5,8-11,15H;1-3H;1-3H,(H,10,11);1H4. The molecule has 0 aliphatic rings. The number of carboxylic acids is 1. The topological polar surface area (TPSA) is 360 Å². The number of phenols is 1. The third-order valence-corrected chi connectivity index (χ3v) is 9.08. The number of aromatic hydroxyl groups is 1. The number of nitro benzene ring substituents is 6. The Morgan fingerprint density at radius 1 is 0.413 bits per heavy atom. The number of nitro groups is 6. The average molecular weight is 1040 g/mol. The highest BCUT2D eigenvalue weighted by Crippen LogP contribution is 2.26. The van der Waals surface area contributed by atoms with E-state index < -0.39 is 86.4 Å². The van der Waals surface area contributed by atoms with Crippen molar-refractivity contribution in [2.45, 2.75) is 7.43 Å². The maximum Gasteiger partial charge on any atom is 0.344 e. The molecule has 0 amide bonds. The summed E-state index contributed by atoms with van der Waals surface area (Å²) in [5.41, 5.74) is -1.11. The van der Waals surface area contributed by atoms with Crippen LogP contribution in [-0.2, 0) is 0 Å². The Morgan fingerprint density at radius 3 is 0.987 bits per heavy atom. The zero-order chi connectivity index (χ0) is 54.5. The number of aromatic carboxylic acids is 1. The molecule has 0 unspecified atom stereocenters. The fraction of sp³-hybridized carbons (Fsp3) is 0.0200. The van der Waals surface area contributed by atoms with Crippen LogP contribution in [0.15, 0.2) is 164 Å². The van der Waals surface area contributed by atoms with Crippen molar-refractivity contribution in [2.24, 2.45) is 0 Å². The molecule has 0 aliphatic carbocycles. The van der Waals surface area contributed by atoms with E-state index in [2.05, 4.69) is 23.7 Å². The molecule has 7 aromatic carbocycles. The summed E-state index contributed by atoms with van der Waals surface area (Å²) in [6.45, 7) is 0. The van der Waals surface area contributed by atoms with Gasteiger partial charge in [0.05, 0.1) is 58.9 Å². The van der Waals surface area contributed by atoms with Crippen LogP contribution in [0.1, 0.15) is 60.8 Å². The third kappa shape index (κ3) is 18.9. The van der Waals surface area contributed by atoms with Crippen LogP contribution in [0.2, 0.25) is 0 Å². The second-order valence-corrected chi connectivity index (χ2v) is 14.4. The van der Waals surface area contributed by atoms with Gasteiger partial charge in [0.1, 0.15) is 11.5 Å². The van der Waals surface area contributed by atoms with E-state index in [1.54, 1.807) is 36.4 Å². The highest BCUT2D eigenvalue weighted by atomic mass is 35.5. The highest BCUT2D eigenvalue weighted by Gasteiger charge is 2.22. The first-order valence-electron chi connectivity index (χ1n) is 20.1. The number of rotatable bonds is 10. The molecule has 0 bridgehead atoms. The number of carbonyl (C=O) groups excluding carboxylic acids is 2. The van der Waals surface area contributed by atoms with Crippen molar-refractivity contribution in [2.75, 3.05) is 0 Å². The van der Waals surface area contributed by atoms with Crippen molar-refractivity contribution < 1.29 is 58.9 Å². The van der Waals surface area contributed by atoms with Gasteiger partial charge in [-0.25, -0.2) is 9.59 Å². The molecule has 25 heteroatoms. The predicted molar refractivity (Wildman–Crippen MR) is 267 cm³/mol. The van der Waals surface area contributed by atoms with Crippen molar-refractivity contribution >= 4 is 62.9 Å². The van der Waals surface area contributed by atoms with Crippen LogP contribution in [-0.4, -0.2) is 56.9 Å². The largest absolute Gasteiger partial charge is 0.508 e. The van der Waals surface area contributed by atoms with Gasteiger partial charge in [-0.15, -0.1) is 0 Å². The van der Waals surface area contributed by atoms with Crippen molar-refractivity contribution in [3.63, 3.8) is 0 Å². The number of halogens is 1. The number of esters is 1. The van der Waals surface area contributed by atoms with Crippen LogP contribution in [0.25, 0.3) is 0 Å². The number of hydrogen-bond acceptors (Lipinski definition) is 17. The molecule has 7 rings (SSSR count). The first-order chi connectivity index (χ1) is 35.1. The molecule has 2 N–H and O–H groups in total. The van der Waals surface area contributed by atoms with Crippen LogP contribution in [0.5, 0.6) is 11.5 Å². The quantitative estimate of drug-likeness (QED) is 0.0321. The molecule has 0 aliphatic heterocycles. The maximum atomic E-state index is 12.3. The first-order valence-corrected chi connectivity index (χ1v) is 20.5. The molecular formula is C50H33ClN6O18. The second-order valence-electron chi connectivity index (χ2n) is 14.0. The number of nitrogens with zero attached hydrogens (tertiary/aromatic N) is 6.